The van der Waals surface area contributed by atoms with Gasteiger partial charge in [0.25, 0.3) is 0 Å². The molecule has 0 spiro atoms. The fourth-order valence-electron chi connectivity index (χ4n) is 0.774. The molecule has 0 nitrogen and oxygen atoms in total. The molecule has 0 aromatic carbocycles. The number of halogens is 3. The van der Waals surface area contributed by atoms with E-state index in [0.29, 0.717) is 5.92 Å². The van der Waals surface area contributed by atoms with Gasteiger partial charge >= 0.3 is 42.6 Å². The van der Waals surface area contributed by atoms with Crippen molar-refractivity contribution in [3.63, 3.8) is 0 Å². The monoisotopic (exact) mass is 260 g/mol. The Bertz CT molecular complexity index is 170. The molecule has 1 rings (SSSR count). The van der Waals surface area contributed by atoms with E-state index < -0.39 is 14.7 Å². The zero-order valence-corrected chi connectivity index (χ0v) is 10.8. The van der Waals surface area contributed by atoms with E-state index in [1.54, 1.807) is 0 Å². The first-order valence-corrected chi connectivity index (χ1v) is 10.0. The Kier molecular flexibility index (Phi) is 8.13. The van der Waals surface area contributed by atoms with Gasteiger partial charge in [0.1, 0.15) is 0 Å². The number of hydrogen-bond donors (Lipinski definition) is 0. The Morgan fingerprint density at radius 3 is 1.83 bits per heavy atom. The third-order valence-corrected chi connectivity index (χ3v) is 1.36. The van der Waals surface area contributed by atoms with Crippen LogP contribution in [0.5, 0.6) is 0 Å². The quantitative estimate of drug-likeness (QED) is 0.613. The summed E-state index contributed by atoms with van der Waals surface area (Å²) < 4.78 is 0. The van der Waals surface area contributed by atoms with E-state index in [1.165, 1.54) is 5.57 Å². The Labute approximate surface area is 92.0 Å². The van der Waals surface area contributed by atoms with Crippen LogP contribution in [0, 0.1) is 12.3 Å². The van der Waals surface area contributed by atoms with E-state index in [-0.39, 0.29) is 0 Å². The molecular weight excluding hydrogens is 250 g/mol. The summed E-state index contributed by atoms with van der Waals surface area (Å²) in [5.74, 6) is 0.685. The van der Waals surface area contributed by atoms with Gasteiger partial charge in [-0.25, -0.2) is 0 Å². The molecular formula is C8H11Cl3Ti. The van der Waals surface area contributed by atoms with Crippen molar-refractivity contribution in [2.45, 2.75) is 13.8 Å². The van der Waals surface area contributed by atoms with Crippen molar-refractivity contribution < 1.29 is 14.7 Å². The molecule has 0 amide bonds. The van der Waals surface area contributed by atoms with Crippen LogP contribution in [0.4, 0.5) is 0 Å². The molecule has 68 valence electrons. The molecule has 0 saturated heterocycles. The second kappa shape index (κ2) is 7.47. The first-order valence-electron chi connectivity index (χ1n) is 3.59. The standard InChI is InChI=1S/C8H11.3ClH.Ti/c1-7(2)8-5-3-4-6-8;;;;/h3-7H,1-2H3;3*1H;/q;;;;+3/p-3. The summed E-state index contributed by atoms with van der Waals surface area (Å²) in [7, 11) is 14.9. The average molecular weight is 261 g/mol. The molecule has 0 unspecified atom stereocenters. The van der Waals surface area contributed by atoms with E-state index in [2.05, 4.69) is 38.5 Å². The van der Waals surface area contributed by atoms with Crippen LogP contribution in [0.1, 0.15) is 13.8 Å². The third kappa shape index (κ3) is 7.70. The van der Waals surface area contributed by atoms with Crippen LogP contribution >= 0.6 is 27.9 Å². The van der Waals surface area contributed by atoms with Gasteiger partial charge in [-0.1, -0.05) is 37.6 Å². The molecule has 0 aromatic rings. The van der Waals surface area contributed by atoms with Crippen molar-refractivity contribution in [3.8, 4) is 0 Å². The van der Waals surface area contributed by atoms with Gasteiger partial charge in [0.15, 0.2) is 0 Å². The van der Waals surface area contributed by atoms with Crippen LogP contribution in [0.3, 0.4) is 0 Å². The number of hydrogen-bond acceptors (Lipinski definition) is 0. The van der Waals surface area contributed by atoms with Gasteiger partial charge in [0, 0.05) is 6.42 Å². The minimum atomic E-state index is -1.92. The van der Waals surface area contributed by atoms with Crippen LogP contribution < -0.4 is 0 Å². The molecule has 12 heavy (non-hydrogen) atoms. The summed E-state index contributed by atoms with van der Waals surface area (Å²) in [6.45, 7) is 4.41. The summed E-state index contributed by atoms with van der Waals surface area (Å²) in [6, 6.07) is 0. The van der Waals surface area contributed by atoms with Gasteiger partial charge < -0.3 is 0 Å². The normalized spacial score (nSPS) is 14.0. The van der Waals surface area contributed by atoms with Gasteiger partial charge in [-0.05, 0) is 5.92 Å². The van der Waals surface area contributed by atoms with Gasteiger partial charge in [-0.3, -0.25) is 0 Å². The van der Waals surface area contributed by atoms with Crippen molar-refractivity contribution in [2.75, 3.05) is 0 Å². The number of rotatable bonds is 1. The van der Waals surface area contributed by atoms with Crippen molar-refractivity contribution in [1.29, 1.82) is 0 Å². The molecule has 0 atom stereocenters. The van der Waals surface area contributed by atoms with E-state index >= 15 is 0 Å². The first-order chi connectivity index (χ1) is 5.54. The van der Waals surface area contributed by atoms with E-state index in [4.69, 9.17) is 27.9 Å². The first kappa shape index (κ1) is 13.1. The molecule has 0 N–H and O–H groups in total. The summed E-state index contributed by atoms with van der Waals surface area (Å²) in [6.07, 6.45) is 8.47. The van der Waals surface area contributed by atoms with E-state index in [1.807, 2.05) is 0 Å². The van der Waals surface area contributed by atoms with Crippen LogP contribution in [0.25, 0.3) is 0 Å². The van der Waals surface area contributed by atoms with Crippen molar-refractivity contribution in [3.05, 3.63) is 30.2 Å². The van der Waals surface area contributed by atoms with Gasteiger partial charge in [0.05, 0.1) is 0 Å². The second-order valence-electron chi connectivity index (χ2n) is 2.59. The molecule has 1 radical (unpaired) electrons. The molecule has 0 saturated carbocycles. The van der Waals surface area contributed by atoms with Crippen molar-refractivity contribution in [1.82, 2.24) is 0 Å². The molecule has 0 aliphatic heterocycles. The topological polar surface area (TPSA) is 0 Å². The van der Waals surface area contributed by atoms with Crippen molar-refractivity contribution in [2.24, 2.45) is 5.92 Å². The van der Waals surface area contributed by atoms with Crippen LogP contribution in [-0.2, 0) is 14.7 Å². The maximum atomic E-state index is 4.97. The zero-order valence-electron chi connectivity index (χ0n) is 7.02. The minimum absolute atomic E-state index is 0.685. The van der Waals surface area contributed by atoms with E-state index in [9.17, 15) is 0 Å². The fraction of sp³-hybridized carbons (Fsp3) is 0.375. The van der Waals surface area contributed by atoms with Crippen LogP contribution in [0.2, 0.25) is 0 Å². The molecule has 0 bridgehead atoms. The predicted octanol–water partition coefficient (Wildman–Crippen LogP) is 4.41. The van der Waals surface area contributed by atoms with Gasteiger partial charge in [0.2, 0.25) is 0 Å². The SMILES string of the molecule is CC(C)C1=CC=C[CH]1.[Cl][Ti]([Cl])[Cl]. The molecule has 0 aromatic heterocycles. The van der Waals surface area contributed by atoms with Crippen LogP contribution in [-0.4, -0.2) is 0 Å². The predicted molar refractivity (Wildman–Crippen MR) is 53.9 cm³/mol. The average Bonchev–Trinajstić information content (AvgIpc) is 2.34. The third-order valence-electron chi connectivity index (χ3n) is 1.36. The molecule has 1 aliphatic rings. The molecule has 4 heteroatoms. The Morgan fingerprint density at radius 1 is 1.17 bits per heavy atom. The van der Waals surface area contributed by atoms with E-state index in [0.717, 1.165) is 0 Å². The maximum absolute atomic E-state index is 4.97. The summed E-state index contributed by atoms with van der Waals surface area (Å²) >= 11 is -1.92. The summed E-state index contributed by atoms with van der Waals surface area (Å²) in [5, 5.41) is 0. The Hall–Kier alpha value is 1.06. The number of allylic oxidation sites excluding steroid dienone is 4. The molecule has 0 heterocycles. The molecule has 1 aliphatic carbocycles. The summed E-state index contributed by atoms with van der Waals surface area (Å²) in [4.78, 5) is 0. The second-order valence-corrected chi connectivity index (χ2v) is 10.3. The molecule has 0 fully saturated rings. The van der Waals surface area contributed by atoms with Gasteiger partial charge in [-0.2, -0.15) is 0 Å². The van der Waals surface area contributed by atoms with Crippen molar-refractivity contribution >= 4 is 27.9 Å². The van der Waals surface area contributed by atoms with Gasteiger partial charge in [-0.15, -0.1) is 0 Å². The fourth-order valence-corrected chi connectivity index (χ4v) is 0.774. The Balaban J connectivity index is 0.000000261. The summed E-state index contributed by atoms with van der Waals surface area (Å²) in [5.41, 5.74) is 1.44. The van der Waals surface area contributed by atoms with Crippen LogP contribution in [0.15, 0.2) is 23.8 Å². The Morgan fingerprint density at radius 2 is 1.67 bits per heavy atom. The zero-order chi connectivity index (χ0) is 9.56.